The lowest BCUT2D eigenvalue weighted by Crippen LogP contribution is -2.17. The van der Waals surface area contributed by atoms with Gasteiger partial charge in [0.2, 0.25) is 0 Å². The lowest BCUT2D eigenvalue weighted by atomic mass is 9.92. The first-order valence-corrected chi connectivity index (χ1v) is 5.72. The van der Waals surface area contributed by atoms with Crippen molar-refractivity contribution in [1.29, 1.82) is 0 Å². The Labute approximate surface area is 91.6 Å². The van der Waals surface area contributed by atoms with Crippen LogP contribution in [0.25, 0.3) is 0 Å². The van der Waals surface area contributed by atoms with Crippen LogP contribution in [0.5, 0.6) is 5.75 Å². The lowest BCUT2D eigenvalue weighted by Gasteiger charge is -2.18. The van der Waals surface area contributed by atoms with E-state index in [4.69, 9.17) is 4.74 Å². The molecule has 0 saturated carbocycles. The van der Waals surface area contributed by atoms with Gasteiger partial charge in [0.05, 0.1) is 7.11 Å². The van der Waals surface area contributed by atoms with Crippen molar-refractivity contribution in [2.45, 2.75) is 25.8 Å². The van der Waals surface area contributed by atoms with Crippen LogP contribution in [-0.2, 0) is 0 Å². The normalized spacial score (nSPS) is 25.5. The van der Waals surface area contributed by atoms with E-state index in [-0.39, 0.29) is 0 Å². The molecule has 2 atom stereocenters. The molecule has 2 nitrogen and oxygen atoms in total. The highest BCUT2D eigenvalue weighted by atomic mass is 16.5. The molecule has 82 valence electrons. The third kappa shape index (κ3) is 2.15. The zero-order valence-corrected chi connectivity index (χ0v) is 9.49. The fourth-order valence-electron chi connectivity index (χ4n) is 2.42. The molecule has 2 rings (SSSR count). The highest BCUT2D eigenvalue weighted by molar-refractivity contribution is 5.31. The predicted octanol–water partition coefficient (Wildman–Crippen LogP) is 2.76. The van der Waals surface area contributed by atoms with E-state index in [1.54, 1.807) is 7.11 Å². The lowest BCUT2D eigenvalue weighted by molar-refractivity contribution is 0.409. The van der Waals surface area contributed by atoms with Gasteiger partial charge in [-0.15, -0.1) is 0 Å². The summed E-state index contributed by atoms with van der Waals surface area (Å²) in [5, 5.41) is 3.57. The Kier molecular flexibility index (Phi) is 3.27. The second-order valence-corrected chi connectivity index (χ2v) is 4.17. The SMILES string of the molecule is CC[C@H]1CCN[C@@H]1c1cccc(OC)c1. The highest BCUT2D eigenvalue weighted by Gasteiger charge is 2.26. The summed E-state index contributed by atoms with van der Waals surface area (Å²) in [7, 11) is 1.72. The van der Waals surface area contributed by atoms with Crippen molar-refractivity contribution >= 4 is 0 Å². The van der Waals surface area contributed by atoms with E-state index in [1.807, 2.05) is 6.07 Å². The van der Waals surface area contributed by atoms with Crippen LogP contribution >= 0.6 is 0 Å². The first-order chi connectivity index (χ1) is 7.35. The summed E-state index contributed by atoms with van der Waals surface area (Å²) in [6, 6.07) is 8.92. The Morgan fingerprint density at radius 1 is 1.47 bits per heavy atom. The summed E-state index contributed by atoms with van der Waals surface area (Å²) >= 11 is 0. The number of hydrogen-bond acceptors (Lipinski definition) is 2. The van der Waals surface area contributed by atoms with Crippen LogP contribution in [-0.4, -0.2) is 13.7 Å². The van der Waals surface area contributed by atoms with Crippen LogP contribution in [0.4, 0.5) is 0 Å². The molecule has 1 aromatic rings. The van der Waals surface area contributed by atoms with E-state index >= 15 is 0 Å². The quantitative estimate of drug-likeness (QED) is 0.819. The average Bonchev–Trinajstić information content (AvgIpc) is 2.77. The van der Waals surface area contributed by atoms with E-state index < -0.39 is 0 Å². The molecule has 15 heavy (non-hydrogen) atoms. The molecule has 0 aliphatic carbocycles. The summed E-state index contributed by atoms with van der Waals surface area (Å²) in [4.78, 5) is 0. The first-order valence-electron chi connectivity index (χ1n) is 5.72. The van der Waals surface area contributed by atoms with E-state index in [1.165, 1.54) is 18.4 Å². The predicted molar refractivity (Wildman–Crippen MR) is 62.1 cm³/mol. The Balaban J connectivity index is 2.20. The summed E-state index contributed by atoms with van der Waals surface area (Å²) < 4.78 is 5.26. The van der Waals surface area contributed by atoms with Crippen LogP contribution in [0.3, 0.4) is 0 Å². The van der Waals surface area contributed by atoms with Gasteiger partial charge < -0.3 is 10.1 Å². The van der Waals surface area contributed by atoms with E-state index in [0.29, 0.717) is 6.04 Å². The van der Waals surface area contributed by atoms with Crippen molar-refractivity contribution in [3.05, 3.63) is 29.8 Å². The third-order valence-corrected chi connectivity index (χ3v) is 3.33. The molecule has 1 heterocycles. The number of hydrogen-bond donors (Lipinski definition) is 1. The van der Waals surface area contributed by atoms with Gasteiger partial charge in [-0.25, -0.2) is 0 Å². The van der Waals surface area contributed by atoms with Gasteiger partial charge in [0.1, 0.15) is 5.75 Å². The van der Waals surface area contributed by atoms with Crippen molar-refractivity contribution in [3.63, 3.8) is 0 Å². The molecule has 0 spiro atoms. The monoisotopic (exact) mass is 205 g/mol. The van der Waals surface area contributed by atoms with Crippen molar-refractivity contribution in [1.82, 2.24) is 5.32 Å². The second kappa shape index (κ2) is 4.67. The summed E-state index contributed by atoms with van der Waals surface area (Å²) in [5.41, 5.74) is 1.36. The minimum Gasteiger partial charge on any atom is -0.497 e. The standard InChI is InChI=1S/C13H19NO/c1-3-10-7-8-14-13(10)11-5-4-6-12(9-11)15-2/h4-6,9-10,13-14H,3,7-8H2,1-2H3/t10-,13-/m0/s1. The fourth-order valence-corrected chi connectivity index (χ4v) is 2.42. The minimum absolute atomic E-state index is 0.519. The first kappa shape index (κ1) is 10.5. The molecule has 0 radical (unpaired) electrons. The summed E-state index contributed by atoms with van der Waals surface area (Å²) in [6.45, 7) is 3.41. The van der Waals surface area contributed by atoms with Gasteiger partial charge in [-0.05, 0) is 36.6 Å². The van der Waals surface area contributed by atoms with Gasteiger partial charge in [0.15, 0.2) is 0 Å². The van der Waals surface area contributed by atoms with Crippen LogP contribution in [0, 0.1) is 5.92 Å². The molecule has 1 fully saturated rings. The summed E-state index contributed by atoms with van der Waals surface area (Å²) in [6.07, 6.45) is 2.53. The summed E-state index contributed by atoms with van der Waals surface area (Å²) in [5.74, 6) is 1.73. The Bertz CT molecular complexity index is 324. The minimum atomic E-state index is 0.519. The van der Waals surface area contributed by atoms with Crippen molar-refractivity contribution in [3.8, 4) is 5.75 Å². The topological polar surface area (TPSA) is 21.3 Å². The zero-order valence-electron chi connectivity index (χ0n) is 9.49. The number of ether oxygens (including phenoxy) is 1. The molecule has 0 amide bonds. The number of rotatable bonds is 3. The molecule has 1 aliphatic heterocycles. The van der Waals surface area contributed by atoms with Gasteiger partial charge in [0, 0.05) is 6.04 Å². The maximum absolute atomic E-state index is 5.26. The van der Waals surface area contributed by atoms with Gasteiger partial charge in [-0.1, -0.05) is 25.5 Å². The molecule has 0 unspecified atom stereocenters. The van der Waals surface area contributed by atoms with Gasteiger partial charge in [0.25, 0.3) is 0 Å². The van der Waals surface area contributed by atoms with E-state index in [0.717, 1.165) is 18.2 Å². The molecular formula is C13H19NO. The maximum atomic E-state index is 5.26. The van der Waals surface area contributed by atoms with Gasteiger partial charge in [-0.3, -0.25) is 0 Å². The number of nitrogens with one attached hydrogen (secondary N) is 1. The van der Waals surface area contributed by atoms with E-state index in [9.17, 15) is 0 Å². The Morgan fingerprint density at radius 3 is 3.07 bits per heavy atom. The van der Waals surface area contributed by atoms with Crippen molar-refractivity contribution in [2.75, 3.05) is 13.7 Å². The molecule has 1 aromatic carbocycles. The zero-order chi connectivity index (χ0) is 10.7. The average molecular weight is 205 g/mol. The smallest absolute Gasteiger partial charge is 0.119 e. The van der Waals surface area contributed by atoms with Crippen molar-refractivity contribution < 1.29 is 4.74 Å². The number of benzene rings is 1. The van der Waals surface area contributed by atoms with Crippen molar-refractivity contribution in [2.24, 2.45) is 5.92 Å². The molecular weight excluding hydrogens is 186 g/mol. The highest BCUT2D eigenvalue weighted by Crippen LogP contribution is 2.32. The Morgan fingerprint density at radius 2 is 2.33 bits per heavy atom. The molecule has 0 aromatic heterocycles. The van der Waals surface area contributed by atoms with Gasteiger partial charge >= 0.3 is 0 Å². The molecule has 0 bridgehead atoms. The largest absolute Gasteiger partial charge is 0.497 e. The molecule has 2 heteroatoms. The molecule has 1 N–H and O–H groups in total. The van der Waals surface area contributed by atoms with Gasteiger partial charge in [-0.2, -0.15) is 0 Å². The van der Waals surface area contributed by atoms with E-state index in [2.05, 4.69) is 30.4 Å². The van der Waals surface area contributed by atoms with Crippen LogP contribution in [0.15, 0.2) is 24.3 Å². The van der Waals surface area contributed by atoms with Crippen LogP contribution < -0.4 is 10.1 Å². The maximum Gasteiger partial charge on any atom is 0.119 e. The van der Waals surface area contributed by atoms with Crippen LogP contribution in [0.2, 0.25) is 0 Å². The second-order valence-electron chi connectivity index (χ2n) is 4.17. The van der Waals surface area contributed by atoms with Crippen LogP contribution in [0.1, 0.15) is 31.4 Å². The number of methoxy groups -OCH3 is 1. The third-order valence-electron chi connectivity index (χ3n) is 3.33. The molecule has 1 aliphatic rings. The fraction of sp³-hybridized carbons (Fsp3) is 0.538. The Hall–Kier alpha value is -1.02. The molecule has 1 saturated heterocycles.